The zero-order chi connectivity index (χ0) is 19.1. The highest BCUT2D eigenvalue weighted by molar-refractivity contribution is 6.12. The number of carbonyl (C=O) groups excluding carboxylic acids is 2. The van der Waals surface area contributed by atoms with Crippen molar-refractivity contribution in [3.8, 4) is 0 Å². The van der Waals surface area contributed by atoms with Crippen LogP contribution in [-0.2, 0) is 4.79 Å². The third-order valence-corrected chi connectivity index (χ3v) is 5.22. The van der Waals surface area contributed by atoms with Gasteiger partial charge in [0.15, 0.2) is 0 Å². The third-order valence-electron chi connectivity index (χ3n) is 5.22. The predicted molar refractivity (Wildman–Crippen MR) is 108 cm³/mol. The molecule has 1 fully saturated rings. The van der Waals surface area contributed by atoms with Gasteiger partial charge in [0.05, 0.1) is 0 Å². The van der Waals surface area contributed by atoms with Crippen molar-refractivity contribution in [3.05, 3.63) is 42.0 Å². The van der Waals surface area contributed by atoms with Crippen LogP contribution in [0.4, 0.5) is 10.5 Å². The number of nitrogens with one attached hydrogen (secondary N) is 2. The number of urea groups is 1. The second kappa shape index (κ2) is 6.61. The molecule has 0 radical (unpaired) electrons. The zero-order valence-electron chi connectivity index (χ0n) is 15.9. The lowest BCUT2D eigenvalue weighted by Gasteiger charge is -2.27. The van der Waals surface area contributed by atoms with E-state index in [1.54, 1.807) is 4.90 Å². The molecule has 27 heavy (non-hydrogen) atoms. The highest BCUT2D eigenvalue weighted by Crippen LogP contribution is 2.36. The maximum absolute atomic E-state index is 12.6. The average molecular weight is 364 g/mol. The number of carbonyl (C=O) groups is 2. The first-order valence-electron chi connectivity index (χ1n) is 9.32. The molecule has 0 aliphatic carbocycles. The van der Waals surface area contributed by atoms with Gasteiger partial charge in [0.2, 0.25) is 5.91 Å². The largest absolute Gasteiger partial charge is 0.353 e. The van der Waals surface area contributed by atoms with E-state index in [1.807, 2.05) is 19.1 Å². The van der Waals surface area contributed by atoms with Gasteiger partial charge in [0.25, 0.3) is 0 Å². The first-order chi connectivity index (χ1) is 13.0. The highest BCUT2D eigenvalue weighted by atomic mass is 16.2. The van der Waals surface area contributed by atoms with Gasteiger partial charge < -0.3 is 20.1 Å². The molecule has 2 N–H and O–H groups in total. The Kier molecular flexibility index (Phi) is 4.26. The predicted octanol–water partition coefficient (Wildman–Crippen LogP) is 3.65. The molecular formula is C21H24N4O2. The lowest BCUT2D eigenvalue weighted by atomic mass is 10.1. The van der Waals surface area contributed by atoms with Crippen molar-refractivity contribution in [1.29, 1.82) is 0 Å². The number of fused-ring (bicyclic) bond motifs is 3. The van der Waals surface area contributed by atoms with Gasteiger partial charge in [-0.1, -0.05) is 18.2 Å². The Bertz CT molecular complexity index is 1050. The van der Waals surface area contributed by atoms with E-state index in [4.69, 9.17) is 0 Å². The normalized spacial score (nSPS) is 14.8. The minimum absolute atomic E-state index is 0.0970. The standard InChI is InChI=1S/C21H24N4O2/c1-13(2)25-17-7-5-4-6-15(17)20-14(3)16(8-9-18(20)25)23-21(27)24-11-10-22-19(26)12-24/h4-9,13H,10-12H2,1-3H3,(H,22,26)(H,23,27). The minimum Gasteiger partial charge on any atom is -0.353 e. The van der Waals surface area contributed by atoms with Crippen molar-refractivity contribution in [3.63, 3.8) is 0 Å². The molecule has 1 saturated heterocycles. The lowest BCUT2D eigenvalue weighted by molar-refractivity contribution is -0.123. The molecule has 6 heteroatoms. The summed E-state index contributed by atoms with van der Waals surface area (Å²) in [6.07, 6.45) is 0. The fraction of sp³-hybridized carbons (Fsp3) is 0.333. The van der Waals surface area contributed by atoms with E-state index in [1.165, 1.54) is 16.4 Å². The van der Waals surface area contributed by atoms with E-state index < -0.39 is 0 Å². The van der Waals surface area contributed by atoms with E-state index in [0.717, 1.165) is 16.6 Å². The number of hydrogen-bond donors (Lipinski definition) is 2. The van der Waals surface area contributed by atoms with Crippen LogP contribution < -0.4 is 10.6 Å². The molecule has 0 bridgehead atoms. The fourth-order valence-electron chi connectivity index (χ4n) is 3.96. The lowest BCUT2D eigenvalue weighted by Crippen LogP contribution is -2.51. The first-order valence-corrected chi connectivity index (χ1v) is 9.32. The monoisotopic (exact) mass is 364 g/mol. The van der Waals surface area contributed by atoms with Crippen molar-refractivity contribution in [2.24, 2.45) is 0 Å². The summed E-state index contributed by atoms with van der Waals surface area (Å²) in [5, 5.41) is 8.08. The van der Waals surface area contributed by atoms with Gasteiger partial charge >= 0.3 is 6.03 Å². The van der Waals surface area contributed by atoms with Crippen LogP contribution in [0.5, 0.6) is 0 Å². The number of piperazine rings is 1. The van der Waals surface area contributed by atoms with Crippen LogP contribution in [0.2, 0.25) is 0 Å². The van der Waals surface area contributed by atoms with Gasteiger partial charge in [-0.25, -0.2) is 4.79 Å². The Morgan fingerprint density at radius 2 is 1.93 bits per heavy atom. The first kappa shape index (κ1) is 17.4. The summed E-state index contributed by atoms with van der Waals surface area (Å²) in [7, 11) is 0. The number of aryl methyl sites for hydroxylation is 1. The van der Waals surface area contributed by atoms with Gasteiger partial charge in [0, 0.05) is 46.6 Å². The summed E-state index contributed by atoms with van der Waals surface area (Å²) in [6, 6.07) is 12.5. The minimum atomic E-state index is -0.236. The van der Waals surface area contributed by atoms with E-state index in [0.29, 0.717) is 19.1 Å². The van der Waals surface area contributed by atoms with E-state index >= 15 is 0 Å². The summed E-state index contributed by atoms with van der Waals surface area (Å²) in [4.78, 5) is 25.7. The smallest absolute Gasteiger partial charge is 0.322 e. The second-order valence-electron chi connectivity index (χ2n) is 7.31. The summed E-state index contributed by atoms with van der Waals surface area (Å²) < 4.78 is 2.33. The molecule has 0 saturated carbocycles. The topological polar surface area (TPSA) is 66.4 Å². The number of aromatic nitrogens is 1. The molecule has 0 spiro atoms. The molecule has 1 aliphatic rings. The summed E-state index contributed by atoms with van der Waals surface area (Å²) >= 11 is 0. The Morgan fingerprint density at radius 1 is 1.15 bits per heavy atom. The van der Waals surface area contributed by atoms with Gasteiger partial charge in [-0.15, -0.1) is 0 Å². The zero-order valence-corrected chi connectivity index (χ0v) is 15.9. The Labute approximate surface area is 158 Å². The van der Waals surface area contributed by atoms with Crippen LogP contribution in [0.1, 0.15) is 25.5 Å². The third kappa shape index (κ3) is 2.91. The number of hydrogen-bond acceptors (Lipinski definition) is 2. The van der Waals surface area contributed by atoms with Crippen LogP contribution in [0, 0.1) is 6.92 Å². The Morgan fingerprint density at radius 3 is 2.67 bits per heavy atom. The van der Waals surface area contributed by atoms with Crippen molar-refractivity contribution in [2.45, 2.75) is 26.8 Å². The van der Waals surface area contributed by atoms with Crippen molar-refractivity contribution >= 4 is 39.4 Å². The van der Waals surface area contributed by atoms with Crippen LogP contribution in [-0.4, -0.2) is 41.0 Å². The molecule has 140 valence electrons. The fourth-order valence-corrected chi connectivity index (χ4v) is 3.96. The van der Waals surface area contributed by atoms with Crippen LogP contribution >= 0.6 is 0 Å². The molecule has 4 rings (SSSR count). The van der Waals surface area contributed by atoms with Gasteiger partial charge in [-0.05, 0) is 44.5 Å². The number of nitrogens with zero attached hydrogens (tertiary/aromatic N) is 2. The number of anilines is 1. The van der Waals surface area contributed by atoms with Gasteiger partial charge in [0.1, 0.15) is 6.54 Å². The highest BCUT2D eigenvalue weighted by Gasteiger charge is 2.22. The molecule has 0 unspecified atom stereocenters. The van der Waals surface area contributed by atoms with Crippen molar-refractivity contribution < 1.29 is 9.59 Å². The molecule has 2 aromatic carbocycles. The van der Waals surface area contributed by atoms with Crippen LogP contribution in [0.3, 0.4) is 0 Å². The maximum Gasteiger partial charge on any atom is 0.322 e. The molecule has 1 aromatic heterocycles. The van der Waals surface area contributed by atoms with E-state index in [-0.39, 0.29) is 18.5 Å². The molecule has 3 aromatic rings. The van der Waals surface area contributed by atoms with Crippen LogP contribution in [0.25, 0.3) is 21.8 Å². The van der Waals surface area contributed by atoms with Crippen LogP contribution in [0.15, 0.2) is 36.4 Å². The molecule has 2 heterocycles. The molecule has 3 amide bonds. The molecule has 6 nitrogen and oxygen atoms in total. The number of para-hydroxylation sites is 1. The molecule has 1 aliphatic heterocycles. The number of rotatable bonds is 2. The quantitative estimate of drug-likeness (QED) is 0.729. The van der Waals surface area contributed by atoms with Gasteiger partial charge in [-0.3, -0.25) is 4.79 Å². The van der Waals surface area contributed by atoms with E-state index in [9.17, 15) is 9.59 Å². The number of benzene rings is 2. The Hall–Kier alpha value is -3.02. The number of amides is 3. The molecular weight excluding hydrogens is 340 g/mol. The van der Waals surface area contributed by atoms with Crippen molar-refractivity contribution in [2.75, 3.05) is 25.0 Å². The van der Waals surface area contributed by atoms with E-state index in [2.05, 4.69) is 53.3 Å². The maximum atomic E-state index is 12.6. The molecule has 0 atom stereocenters. The summed E-state index contributed by atoms with van der Waals surface area (Å²) in [6.45, 7) is 7.51. The second-order valence-corrected chi connectivity index (χ2v) is 7.31. The van der Waals surface area contributed by atoms with Crippen molar-refractivity contribution in [1.82, 2.24) is 14.8 Å². The summed E-state index contributed by atoms with van der Waals surface area (Å²) in [5.74, 6) is -0.122. The SMILES string of the molecule is Cc1c(NC(=O)N2CCNC(=O)C2)ccc2c1c1ccccc1n2C(C)C. The summed E-state index contributed by atoms with van der Waals surface area (Å²) in [5.41, 5.74) is 4.18. The average Bonchev–Trinajstić information content (AvgIpc) is 2.99. The van der Waals surface area contributed by atoms with Gasteiger partial charge in [-0.2, -0.15) is 0 Å². The Balaban J connectivity index is 1.77.